The van der Waals surface area contributed by atoms with Crippen molar-refractivity contribution in [3.63, 3.8) is 0 Å². The second-order valence-electron chi connectivity index (χ2n) is 12.6. The van der Waals surface area contributed by atoms with Gasteiger partial charge in [-0.15, -0.1) is 11.3 Å². The molecule has 11 aromatic rings. The fraction of sp³-hybridized carbons (Fsp3) is 0. The molecule has 49 heavy (non-hydrogen) atoms. The number of nitrogens with zero attached hydrogens (tertiary/aromatic N) is 3. The third-order valence-electron chi connectivity index (χ3n) is 9.81. The zero-order chi connectivity index (χ0) is 32.1. The summed E-state index contributed by atoms with van der Waals surface area (Å²) in [5, 5.41) is 9.55. The highest BCUT2D eigenvalue weighted by Crippen LogP contribution is 2.45. The Morgan fingerprint density at radius 3 is 2.08 bits per heavy atom. The molecule has 7 aromatic carbocycles. The molecule has 0 aliphatic rings. The second kappa shape index (κ2) is 10.1. The molecule has 0 radical (unpaired) electrons. The van der Waals surface area contributed by atoms with Gasteiger partial charge in [0.25, 0.3) is 0 Å². The molecule has 4 heterocycles. The van der Waals surface area contributed by atoms with E-state index in [1.807, 2.05) is 29.5 Å². The van der Waals surface area contributed by atoms with Gasteiger partial charge in [0.05, 0.1) is 22.4 Å². The lowest BCUT2D eigenvalue weighted by molar-refractivity contribution is 0.669. The Hall–Kier alpha value is -6.30. The Morgan fingerprint density at radius 1 is 0.469 bits per heavy atom. The molecule has 0 saturated heterocycles. The summed E-state index contributed by atoms with van der Waals surface area (Å²) in [6.45, 7) is 0. The number of benzene rings is 7. The average Bonchev–Trinajstić information content (AvgIpc) is 3.84. The van der Waals surface area contributed by atoms with Crippen LogP contribution in [0.25, 0.3) is 103 Å². The van der Waals surface area contributed by atoms with E-state index in [1.165, 1.54) is 41.7 Å². The zero-order valence-electron chi connectivity index (χ0n) is 26.1. The van der Waals surface area contributed by atoms with Gasteiger partial charge in [0.2, 0.25) is 5.95 Å². The van der Waals surface area contributed by atoms with Crippen LogP contribution in [-0.2, 0) is 0 Å². The van der Waals surface area contributed by atoms with Gasteiger partial charge in [-0.3, -0.25) is 4.57 Å². The molecule has 4 nitrogen and oxygen atoms in total. The molecule has 0 unspecified atom stereocenters. The number of fused-ring (bicyclic) bond motifs is 12. The zero-order valence-corrected chi connectivity index (χ0v) is 26.9. The summed E-state index contributed by atoms with van der Waals surface area (Å²) in [6.07, 6.45) is 0. The largest absolute Gasteiger partial charge is 0.456 e. The van der Waals surface area contributed by atoms with E-state index in [2.05, 4.69) is 138 Å². The van der Waals surface area contributed by atoms with Gasteiger partial charge in [0.1, 0.15) is 11.2 Å². The van der Waals surface area contributed by atoms with E-state index in [0.29, 0.717) is 5.95 Å². The van der Waals surface area contributed by atoms with Gasteiger partial charge >= 0.3 is 0 Å². The molecular formula is C44H25N3OS. The molecule has 0 atom stereocenters. The maximum Gasteiger partial charge on any atom is 0.235 e. The molecule has 5 heteroatoms. The van der Waals surface area contributed by atoms with E-state index in [-0.39, 0.29) is 0 Å². The molecular weight excluding hydrogens is 619 g/mol. The fourth-order valence-electron chi connectivity index (χ4n) is 7.62. The van der Waals surface area contributed by atoms with Crippen LogP contribution in [-0.4, -0.2) is 14.5 Å². The molecule has 0 fully saturated rings. The third kappa shape index (κ3) is 3.91. The molecule has 0 N–H and O–H groups in total. The van der Waals surface area contributed by atoms with Crippen molar-refractivity contribution in [3.05, 3.63) is 152 Å². The van der Waals surface area contributed by atoms with Crippen molar-refractivity contribution in [2.45, 2.75) is 0 Å². The molecule has 0 amide bonds. The summed E-state index contributed by atoms with van der Waals surface area (Å²) >= 11 is 1.85. The highest BCUT2D eigenvalue weighted by Gasteiger charge is 2.22. The number of thiophene rings is 1. The molecule has 4 aromatic heterocycles. The topological polar surface area (TPSA) is 43.9 Å². The van der Waals surface area contributed by atoms with Crippen molar-refractivity contribution >= 4 is 86.0 Å². The number of furan rings is 1. The normalized spacial score (nSPS) is 12.1. The van der Waals surface area contributed by atoms with Crippen LogP contribution < -0.4 is 0 Å². The Kier molecular flexibility index (Phi) is 5.51. The summed E-state index contributed by atoms with van der Waals surface area (Å²) in [5.74, 6) is 0.635. The minimum atomic E-state index is 0.635. The van der Waals surface area contributed by atoms with Gasteiger partial charge in [-0.25, -0.2) is 9.97 Å². The summed E-state index contributed by atoms with van der Waals surface area (Å²) in [7, 11) is 0. The van der Waals surface area contributed by atoms with Crippen LogP contribution in [0.4, 0.5) is 0 Å². The van der Waals surface area contributed by atoms with Gasteiger partial charge in [0, 0.05) is 58.2 Å². The third-order valence-corrected chi connectivity index (χ3v) is 11.0. The molecule has 228 valence electrons. The lowest BCUT2D eigenvalue weighted by Gasteiger charge is -2.12. The van der Waals surface area contributed by atoms with Crippen molar-refractivity contribution in [2.24, 2.45) is 0 Å². The Labute approximate surface area is 284 Å². The molecule has 0 saturated carbocycles. The number of hydrogen-bond acceptors (Lipinski definition) is 4. The van der Waals surface area contributed by atoms with Gasteiger partial charge in [-0.2, -0.15) is 0 Å². The maximum atomic E-state index is 6.32. The van der Waals surface area contributed by atoms with E-state index >= 15 is 0 Å². The Morgan fingerprint density at radius 2 is 1.18 bits per heavy atom. The van der Waals surface area contributed by atoms with Crippen LogP contribution >= 0.6 is 11.3 Å². The predicted octanol–water partition coefficient (Wildman–Crippen LogP) is 12.3. The Balaban J connectivity index is 1.27. The molecule has 0 aliphatic heterocycles. The van der Waals surface area contributed by atoms with Crippen molar-refractivity contribution in [2.75, 3.05) is 0 Å². The number of rotatable bonds is 3. The summed E-state index contributed by atoms with van der Waals surface area (Å²) in [4.78, 5) is 10.7. The first kappa shape index (κ1) is 26.7. The highest BCUT2D eigenvalue weighted by atomic mass is 32.1. The lowest BCUT2D eigenvalue weighted by Crippen LogP contribution is -2.04. The van der Waals surface area contributed by atoms with E-state index in [4.69, 9.17) is 14.4 Å². The summed E-state index contributed by atoms with van der Waals surface area (Å²) in [5.41, 5.74) is 7.64. The first-order valence-electron chi connectivity index (χ1n) is 16.4. The molecule has 0 spiro atoms. The van der Waals surface area contributed by atoms with E-state index < -0.39 is 0 Å². The smallest absolute Gasteiger partial charge is 0.235 e. The SMILES string of the molecule is c1ccc(-c2cc(-c3ccc4c(c3)oc3ccccc34)nc(-n3c4ccc5sc6ccccc6c5c4c4ccc5ccccc5c43)n2)cc1. The van der Waals surface area contributed by atoms with E-state index in [9.17, 15) is 0 Å². The van der Waals surface area contributed by atoms with Crippen LogP contribution in [0.3, 0.4) is 0 Å². The van der Waals surface area contributed by atoms with Crippen LogP contribution in [0.1, 0.15) is 0 Å². The summed E-state index contributed by atoms with van der Waals surface area (Å²) < 4.78 is 11.2. The minimum absolute atomic E-state index is 0.635. The minimum Gasteiger partial charge on any atom is -0.456 e. The lowest BCUT2D eigenvalue weighted by atomic mass is 10.0. The first-order chi connectivity index (χ1) is 24.3. The van der Waals surface area contributed by atoms with Crippen molar-refractivity contribution < 1.29 is 4.42 Å². The van der Waals surface area contributed by atoms with Crippen LogP contribution in [0, 0.1) is 0 Å². The van der Waals surface area contributed by atoms with Crippen LogP contribution in [0.2, 0.25) is 0 Å². The quantitative estimate of drug-likeness (QED) is 0.192. The van der Waals surface area contributed by atoms with Gasteiger partial charge in [-0.05, 0) is 47.9 Å². The van der Waals surface area contributed by atoms with Crippen molar-refractivity contribution in [1.82, 2.24) is 14.5 Å². The molecule has 0 bridgehead atoms. The Bertz CT molecular complexity index is 3110. The first-order valence-corrected chi connectivity index (χ1v) is 17.2. The monoisotopic (exact) mass is 643 g/mol. The van der Waals surface area contributed by atoms with Gasteiger partial charge < -0.3 is 4.42 Å². The maximum absolute atomic E-state index is 6.32. The van der Waals surface area contributed by atoms with Crippen molar-refractivity contribution in [1.29, 1.82) is 0 Å². The van der Waals surface area contributed by atoms with E-state index in [1.54, 1.807) is 0 Å². The van der Waals surface area contributed by atoms with Crippen LogP contribution in [0.15, 0.2) is 156 Å². The highest BCUT2D eigenvalue weighted by molar-refractivity contribution is 7.26. The average molecular weight is 644 g/mol. The van der Waals surface area contributed by atoms with Crippen LogP contribution in [0.5, 0.6) is 0 Å². The van der Waals surface area contributed by atoms with Crippen molar-refractivity contribution in [3.8, 4) is 28.5 Å². The standard InChI is InChI=1S/C44H25N3OS/c1-2-11-27(12-3-1)34-25-35(28-19-20-31-30-14-6-8-16-37(30)48-38(31)24-28)46-44(45-34)47-36-22-23-40-42(32-15-7-9-17-39(32)49-40)41(36)33-21-18-26-10-4-5-13-29(26)43(33)47/h1-25H. The predicted molar refractivity (Wildman–Crippen MR) is 205 cm³/mol. The number of para-hydroxylation sites is 1. The number of aromatic nitrogens is 3. The molecule has 11 rings (SSSR count). The number of hydrogen-bond donors (Lipinski definition) is 0. The van der Waals surface area contributed by atoms with Gasteiger partial charge in [-0.1, -0.05) is 109 Å². The molecule has 0 aliphatic carbocycles. The van der Waals surface area contributed by atoms with E-state index in [0.717, 1.165) is 55.5 Å². The second-order valence-corrected chi connectivity index (χ2v) is 13.6. The summed E-state index contributed by atoms with van der Waals surface area (Å²) in [6, 6.07) is 53.4. The van der Waals surface area contributed by atoms with Gasteiger partial charge in [0.15, 0.2) is 0 Å². The fourth-order valence-corrected chi connectivity index (χ4v) is 8.73.